The van der Waals surface area contributed by atoms with Crippen LogP contribution in [0.3, 0.4) is 0 Å². The minimum absolute atomic E-state index is 0.194. The molecular weight excluding hydrogens is 394 g/mol. The number of hydrogen-bond acceptors (Lipinski definition) is 4. The van der Waals surface area contributed by atoms with Crippen LogP contribution in [0.5, 0.6) is 5.75 Å². The molecule has 0 aliphatic heterocycles. The molecule has 0 spiro atoms. The summed E-state index contributed by atoms with van der Waals surface area (Å²) in [4.78, 5) is 16.6. The van der Waals surface area contributed by atoms with Crippen molar-refractivity contribution in [3.63, 3.8) is 0 Å². The topological polar surface area (TPSA) is 77.2 Å². The van der Waals surface area contributed by atoms with Crippen LogP contribution in [-0.2, 0) is 6.61 Å². The fraction of sp³-hybridized carbons (Fsp3) is 0.100. The van der Waals surface area contributed by atoms with Gasteiger partial charge in [0.15, 0.2) is 0 Å². The predicted octanol–water partition coefficient (Wildman–Crippen LogP) is 4.57. The lowest BCUT2D eigenvalue weighted by molar-refractivity contribution is 0.102. The number of carbonyl (C=O) groups is 1. The maximum absolute atomic E-state index is 12.6. The minimum Gasteiger partial charge on any atom is -0.489 e. The zero-order chi connectivity index (χ0) is 18.5. The van der Waals surface area contributed by atoms with E-state index in [0.29, 0.717) is 23.6 Å². The number of pyridine rings is 1. The van der Waals surface area contributed by atoms with Gasteiger partial charge in [-0.1, -0.05) is 36.4 Å². The minimum atomic E-state index is -0.311. The van der Waals surface area contributed by atoms with Crippen molar-refractivity contribution >= 4 is 33.3 Å². The van der Waals surface area contributed by atoms with E-state index in [2.05, 4.69) is 26.2 Å². The Bertz CT molecular complexity index is 930. The molecule has 3 aromatic rings. The summed E-state index contributed by atoms with van der Waals surface area (Å²) in [5.74, 6) is 0.553. The highest BCUT2D eigenvalue weighted by Crippen LogP contribution is 2.25. The lowest BCUT2D eigenvalue weighted by Gasteiger charge is -2.12. The number of amides is 1. The van der Waals surface area contributed by atoms with Gasteiger partial charge >= 0.3 is 0 Å². The predicted molar refractivity (Wildman–Crippen MR) is 106 cm³/mol. The SMILES string of the molecule is Cc1c(Br)cnc(N)c1C(=O)Nc1cccc(OCc2ccccc2)c1. The maximum atomic E-state index is 12.6. The fourth-order valence-corrected chi connectivity index (χ4v) is 2.78. The molecule has 0 fully saturated rings. The molecule has 0 aliphatic carbocycles. The summed E-state index contributed by atoms with van der Waals surface area (Å²) in [5.41, 5.74) is 8.67. The van der Waals surface area contributed by atoms with Crippen molar-refractivity contribution in [3.8, 4) is 5.75 Å². The molecule has 1 heterocycles. The van der Waals surface area contributed by atoms with Crippen molar-refractivity contribution in [2.24, 2.45) is 0 Å². The number of ether oxygens (including phenoxy) is 1. The number of halogens is 1. The average molecular weight is 412 g/mol. The van der Waals surface area contributed by atoms with Crippen LogP contribution in [0.15, 0.2) is 65.3 Å². The molecule has 26 heavy (non-hydrogen) atoms. The van der Waals surface area contributed by atoms with E-state index in [4.69, 9.17) is 10.5 Å². The molecule has 2 aromatic carbocycles. The molecule has 0 aliphatic rings. The van der Waals surface area contributed by atoms with Crippen LogP contribution < -0.4 is 15.8 Å². The summed E-state index contributed by atoms with van der Waals surface area (Å²) in [6, 6.07) is 17.1. The highest BCUT2D eigenvalue weighted by molar-refractivity contribution is 9.10. The summed E-state index contributed by atoms with van der Waals surface area (Å²) in [5, 5.41) is 2.85. The van der Waals surface area contributed by atoms with Crippen LogP contribution in [0.1, 0.15) is 21.5 Å². The Morgan fingerprint density at radius 1 is 1.19 bits per heavy atom. The summed E-state index contributed by atoms with van der Waals surface area (Å²) in [6.45, 7) is 2.27. The molecule has 1 amide bonds. The third-order valence-corrected chi connectivity index (χ3v) is 4.67. The quantitative estimate of drug-likeness (QED) is 0.644. The number of anilines is 2. The van der Waals surface area contributed by atoms with Crippen molar-refractivity contribution in [2.45, 2.75) is 13.5 Å². The first-order chi connectivity index (χ1) is 12.5. The van der Waals surface area contributed by atoms with Crippen LogP contribution in [0.25, 0.3) is 0 Å². The molecule has 3 rings (SSSR count). The first-order valence-electron chi connectivity index (χ1n) is 8.03. The van der Waals surface area contributed by atoms with E-state index in [9.17, 15) is 4.79 Å². The van der Waals surface area contributed by atoms with E-state index >= 15 is 0 Å². The molecule has 0 atom stereocenters. The van der Waals surface area contributed by atoms with Crippen LogP contribution >= 0.6 is 15.9 Å². The van der Waals surface area contributed by atoms with Gasteiger partial charge in [0.1, 0.15) is 18.2 Å². The zero-order valence-corrected chi connectivity index (χ0v) is 15.8. The van der Waals surface area contributed by atoms with Gasteiger partial charge in [0, 0.05) is 22.4 Å². The zero-order valence-electron chi connectivity index (χ0n) is 14.2. The second kappa shape index (κ2) is 8.01. The number of nitrogens with one attached hydrogen (secondary N) is 1. The molecule has 0 radical (unpaired) electrons. The molecule has 0 bridgehead atoms. The van der Waals surface area contributed by atoms with E-state index < -0.39 is 0 Å². The van der Waals surface area contributed by atoms with Gasteiger partial charge in [-0.05, 0) is 46.1 Å². The summed E-state index contributed by atoms with van der Waals surface area (Å²) in [7, 11) is 0. The van der Waals surface area contributed by atoms with Crippen molar-refractivity contribution in [1.82, 2.24) is 4.98 Å². The molecule has 5 nitrogen and oxygen atoms in total. The van der Waals surface area contributed by atoms with Crippen LogP contribution in [0.2, 0.25) is 0 Å². The first kappa shape index (κ1) is 17.9. The van der Waals surface area contributed by atoms with Gasteiger partial charge in [-0.15, -0.1) is 0 Å². The third kappa shape index (κ3) is 4.21. The van der Waals surface area contributed by atoms with Crippen LogP contribution in [0, 0.1) is 6.92 Å². The molecule has 132 valence electrons. The first-order valence-corrected chi connectivity index (χ1v) is 8.82. The summed E-state index contributed by atoms with van der Waals surface area (Å²) >= 11 is 3.37. The molecule has 0 unspecified atom stereocenters. The number of carbonyl (C=O) groups excluding carboxylic acids is 1. The molecule has 3 N–H and O–H groups in total. The normalized spacial score (nSPS) is 10.4. The lowest BCUT2D eigenvalue weighted by Crippen LogP contribution is -2.16. The van der Waals surface area contributed by atoms with Crippen molar-refractivity contribution in [1.29, 1.82) is 0 Å². The van der Waals surface area contributed by atoms with Gasteiger partial charge in [-0.25, -0.2) is 4.98 Å². The number of nitrogen functional groups attached to an aromatic ring is 1. The smallest absolute Gasteiger partial charge is 0.259 e. The summed E-state index contributed by atoms with van der Waals surface area (Å²) in [6.07, 6.45) is 1.58. The van der Waals surface area contributed by atoms with E-state index in [0.717, 1.165) is 15.6 Å². The Kier molecular flexibility index (Phi) is 5.53. The van der Waals surface area contributed by atoms with Gasteiger partial charge < -0.3 is 15.8 Å². The number of rotatable bonds is 5. The van der Waals surface area contributed by atoms with Crippen LogP contribution in [-0.4, -0.2) is 10.9 Å². The summed E-state index contributed by atoms with van der Waals surface area (Å²) < 4.78 is 6.52. The van der Waals surface area contributed by atoms with Gasteiger partial charge in [0.05, 0.1) is 5.56 Å². The Labute approximate surface area is 160 Å². The second-order valence-corrected chi connectivity index (χ2v) is 6.60. The standard InChI is InChI=1S/C20H18BrN3O2/c1-13-17(21)11-23-19(22)18(13)20(25)24-15-8-5-9-16(10-15)26-12-14-6-3-2-4-7-14/h2-11H,12H2,1H3,(H2,22,23)(H,24,25). The Hall–Kier alpha value is -2.86. The van der Waals surface area contributed by atoms with E-state index in [1.54, 1.807) is 18.3 Å². The Morgan fingerprint density at radius 2 is 1.96 bits per heavy atom. The largest absolute Gasteiger partial charge is 0.489 e. The van der Waals surface area contributed by atoms with Crippen molar-refractivity contribution < 1.29 is 9.53 Å². The molecular formula is C20H18BrN3O2. The van der Waals surface area contributed by atoms with E-state index in [1.807, 2.05) is 49.4 Å². The molecule has 6 heteroatoms. The molecule has 0 saturated heterocycles. The monoisotopic (exact) mass is 411 g/mol. The Morgan fingerprint density at radius 3 is 2.73 bits per heavy atom. The van der Waals surface area contributed by atoms with Gasteiger partial charge in [-0.3, -0.25) is 4.79 Å². The van der Waals surface area contributed by atoms with Crippen molar-refractivity contribution in [3.05, 3.63) is 82.0 Å². The van der Waals surface area contributed by atoms with Crippen molar-refractivity contribution in [2.75, 3.05) is 11.1 Å². The second-order valence-electron chi connectivity index (χ2n) is 5.75. The van der Waals surface area contributed by atoms with Gasteiger partial charge in [0.25, 0.3) is 5.91 Å². The molecule has 1 aromatic heterocycles. The Balaban J connectivity index is 1.73. The number of benzene rings is 2. The highest BCUT2D eigenvalue weighted by atomic mass is 79.9. The molecule has 0 saturated carbocycles. The number of hydrogen-bond donors (Lipinski definition) is 2. The lowest BCUT2D eigenvalue weighted by atomic mass is 10.1. The maximum Gasteiger partial charge on any atom is 0.259 e. The van der Waals surface area contributed by atoms with Gasteiger partial charge in [0.2, 0.25) is 0 Å². The highest BCUT2D eigenvalue weighted by Gasteiger charge is 2.16. The van der Waals surface area contributed by atoms with E-state index in [1.165, 1.54) is 0 Å². The third-order valence-electron chi connectivity index (χ3n) is 3.87. The number of nitrogens with zero attached hydrogens (tertiary/aromatic N) is 1. The number of nitrogens with two attached hydrogens (primary N) is 1. The fourth-order valence-electron chi connectivity index (χ4n) is 2.48. The van der Waals surface area contributed by atoms with E-state index in [-0.39, 0.29) is 11.7 Å². The number of aromatic nitrogens is 1. The van der Waals surface area contributed by atoms with Crippen LogP contribution in [0.4, 0.5) is 11.5 Å². The average Bonchev–Trinajstić information content (AvgIpc) is 2.64. The van der Waals surface area contributed by atoms with Gasteiger partial charge in [-0.2, -0.15) is 0 Å².